The third-order valence-corrected chi connectivity index (χ3v) is 10.8. The van der Waals surface area contributed by atoms with E-state index in [1.165, 1.54) is 25.4 Å². The summed E-state index contributed by atoms with van der Waals surface area (Å²) in [7, 11) is 5.77. The molecule has 2 nitrogen and oxygen atoms in total. The third kappa shape index (κ3) is 5.78. The van der Waals surface area contributed by atoms with Crippen LogP contribution in [-0.2, 0) is 0 Å². The van der Waals surface area contributed by atoms with E-state index in [4.69, 9.17) is 9.47 Å². The summed E-state index contributed by atoms with van der Waals surface area (Å²) in [5, 5.41) is 7.85. The fourth-order valence-electron chi connectivity index (χ4n) is 4.68. The van der Waals surface area contributed by atoms with Gasteiger partial charge in [0.15, 0.2) is 0 Å². The topological polar surface area (TPSA) is 18.5 Å². The van der Waals surface area contributed by atoms with Gasteiger partial charge < -0.3 is 9.47 Å². The number of rotatable bonds is 9. The summed E-state index contributed by atoms with van der Waals surface area (Å²) in [5.41, 5.74) is 5.60. The molecule has 0 amide bonds. The minimum Gasteiger partial charge on any atom is -0.496 e. The average molecular weight is 593 g/mol. The van der Waals surface area contributed by atoms with Crippen molar-refractivity contribution in [3.8, 4) is 44.2 Å². The van der Waals surface area contributed by atoms with Crippen LogP contribution in [0, 0.1) is 0 Å². The number of thiophene rings is 2. The Hall–Kier alpha value is -3.26. The fourth-order valence-corrected chi connectivity index (χ4v) is 8.61. The summed E-state index contributed by atoms with van der Waals surface area (Å²) in [4.78, 5) is 1.22. The lowest BCUT2D eigenvalue weighted by molar-refractivity contribution is 0.411. The predicted octanol–water partition coefficient (Wildman–Crippen LogP) is 8.62. The van der Waals surface area contributed by atoms with E-state index in [2.05, 4.69) is 114 Å². The number of hydrogen-bond acceptors (Lipinski definition) is 4. The number of benzene rings is 4. The second-order valence-electron chi connectivity index (χ2n) is 9.00. The van der Waals surface area contributed by atoms with E-state index in [-0.39, 0.29) is 0 Å². The number of methoxy groups -OCH3 is 2. The van der Waals surface area contributed by atoms with Gasteiger partial charge in [-0.15, -0.1) is 22.7 Å². The van der Waals surface area contributed by atoms with Crippen LogP contribution in [0.15, 0.2) is 120 Å². The van der Waals surface area contributed by atoms with Crippen LogP contribution in [-0.4, -0.2) is 14.2 Å². The highest BCUT2D eigenvalue weighted by Gasteiger charge is 2.24. The van der Waals surface area contributed by atoms with Crippen LogP contribution in [0.5, 0.6) is 11.5 Å². The maximum Gasteiger partial charge on any atom is 0.128 e. The van der Waals surface area contributed by atoms with Gasteiger partial charge in [0, 0.05) is 29.2 Å². The van der Waals surface area contributed by atoms with Gasteiger partial charge in [-0.05, 0) is 88.3 Å². The Morgan fingerprint density at radius 2 is 1.12 bits per heavy atom. The second kappa shape index (κ2) is 12.5. The Morgan fingerprint density at radius 1 is 0.525 bits per heavy atom. The van der Waals surface area contributed by atoms with E-state index in [0.717, 1.165) is 56.5 Å². The van der Waals surface area contributed by atoms with E-state index >= 15 is 0 Å². The molecule has 4 aromatic carbocycles. The highest BCUT2D eigenvalue weighted by molar-refractivity contribution is 7.63. The molecule has 0 unspecified atom stereocenters. The van der Waals surface area contributed by atoms with Crippen LogP contribution in [0.25, 0.3) is 32.7 Å². The van der Waals surface area contributed by atoms with Crippen molar-refractivity contribution in [3.63, 3.8) is 0 Å². The van der Waals surface area contributed by atoms with Gasteiger partial charge in [-0.1, -0.05) is 72.8 Å². The molecule has 0 saturated carbocycles. The molecule has 0 fully saturated rings. The van der Waals surface area contributed by atoms with Crippen LogP contribution >= 0.6 is 39.8 Å². The lowest BCUT2D eigenvalue weighted by atomic mass is 9.97. The van der Waals surface area contributed by atoms with Gasteiger partial charge in [-0.2, -0.15) is 0 Å². The van der Waals surface area contributed by atoms with Crippen molar-refractivity contribution in [2.45, 2.75) is 0 Å². The third-order valence-electron chi connectivity index (χ3n) is 6.51. The van der Waals surface area contributed by atoms with Crippen molar-refractivity contribution in [3.05, 3.63) is 120 Å². The summed E-state index contributed by atoms with van der Waals surface area (Å²) in [6.45, 7) is 0. The van der Waals surface area contributed by atoms with Crippen molar-refractivity contribution in [2.75, 3.05) is 14.2 Å². The zero-order valence-corrected chi connectivity index (χ0v) is 25.5. The number of hydrogen-bond donors (Lipinski definition) is 0. The smallest absolute Gasteiger partial charge is 0.128 e. The minimum absolute atomic E-state index is 0.838. The van der Waals surface area contributed by atoms with Crippen molar-refractivity contribution < 1.29 is 9.47 Å². The summed E-state index contributed by atoms with van der Waals surface area (Å²) in [5.74, 6) is 1.69. The van der Waals surface area contributed by atoms with E-state index in [1.807, 2.05) is 6.07 Å². The Balaban J connectivity index is 1.62. The van der Waals surface area contributed by atoms with Gasteiger partial charge in [0.1, 0.15) is 11.5 Å². The zero-order valence-electron chi connectivity index (χ0n) is 22.1. The molecular formula is C34H26O2P2S2. The average Bonchev–Trinajstić information content (AvgIpc) is 3.73. The normalized spacial score (nSPS) is 11.6. The van der Waals surface area contributed by atoms with Gasteiger partial charge in [0.2, 0.25) is 0 Å². The van der Waals surface area contributed by atoms with Crippen molar-refractivity contribution >= 4 is 60.4 Å². The molecule has 40 heavy (non-hydrogen) atoms. The molecule has 196 valence electrons. The molecule has 2 aromatic heterocycles. The van der Waals surface area contributed by atoms with Crippen molar-refractivity contribution in [2.24, 2.45) is 0 Å². The maximum atomic E-state index is 6.17. The molecule has 6 rings (SSSR count). The molecule has 0 aliphatic heterocycles. The molecule has 0 aliphatic carbocycles. The molecule has 2 heterocycles. The molecule has 0 bridgehead atoms. The van der Waals surface area contributed by atoms with E-state index in [0.29, 0.717) is 0 Å². The SMILES string of the molecule is COc1cc(-c2ccccc2)cc([P]c2ccccc2)c1-c1c(OC)cc(-c2cccs2)cc1[P]c1cccs1. The largest absolute Gasteiger partial charge is 0.496 e. The van der Waals surface area contributed by atoms with E-state index in [9.17, 15) is 0 Å². The first-order valence-electron chi connectivity index (χ1n) is 12.8. The standard InChI is InChI=1S/C34H26O2P2S2/c1-35-27-19-24(23-11-5-3-6-12-23)21-29(37-26-13-7-4-8-14-26)33(27)34-28(36-2)20-25(31-15-9-17-39-31)22-30(34)38-32-16-10-18-40-32/h3-22H,1-2H3. The van der Waals surface area contributed by atoms with Gasteiger partial charge in [-0.25, -0.2) is 0 Å². The summed E-state index contributed by atoms with van der Waals surface area (Å²) < 4.78 is 13.6. The summed E-state index contributed by atoms with van der Waals surface area (Å²) in [6.07, 6.45) is 0. The monoisotopic (exact) mass is 592 g/mol. The number of ether oxygens (including phenoxy) is 2. The van der Waals surface area contributed by atoms with Gasteiger partial charge in [0.05, 0.1) is 14.2 Å². The second-order valence-corrected chi connectivity index (χ2v) is 13.6. The highest BCUT2D eigenvalue weighted by atomic mass is 32.1. The quantitative estimate of drug-likeness (QED) is 0.157. The first-order chi connectivity index (χ1) is 19.7. The fraction of sp³-hybridized carbons (Fsp3) is 0.0588. The summed E-state index contributed by atoms with van der Waals surface area (Å²) in [6, 6.07) is 38.6. The first-order valence-corrected chi connectivity index (χ1v) is 16.3. The molecule has 0 aliphatic rings. The molecule has 0 saturated heterocycles. The van der Waals surface area contributed by atoms with E-state index < -0.39 is 0 Å². The Labute approximate surface area is 247 Å². The zero-order chi connectivity index (χ0) is 27.3. The predicted molar refractivity (Wildman–Crippen MR) is 177 cm³/mol. The summed E-state index contributed by atoms with van der Waals surface area (Å²) >= 11 is 3.52. The van der Waals surface area contributed by atoms with Gasteiger partial charge in [0.25, 0.3) is 0 Å². The minimum atomic E-state index is 0.838. The van der Waals surface area contributed by atoms with Gasteiger partial charge >= 0.3 is 0 Å². The lowest BCUT2D eigenvalue weighted by Crippen LogP contribution is -2.15. The maximum absolute atomic E-state index is 6.17. The Morgan fingerprint density at radius 3 is 1.75 bits per heavy atom. The van der Waals surface area contributed by atoms with Crippen LogP contribution in [0.2, 0.25) is 0 Å². The van der Waals surface area contributed by atoms with Crippen LogP contribution in [0.1, 0.15) is 0 Å². The molecule has 0 N–H and O–H groups in total. The molecule has 6 heteroatoms. The van der Waals surface area contributed by atoms with E-state index in [1.54, 1.807) is 36.9 Å². The van der Waals surface area contributed by atoms with Crippen LogP contribution in [0.3, 0.4) is 0 Å². The lowest BCUT2D eigenvalue weighted by Gasteiger charge is -2.22. The first kappa shape index (κ1) is 26.9. The van der Waals surface area contributed by atoms with Crippen LogP contribution in [0.4, 0.5) is 0 Å². The molecule has 6 aromatic rings. The molecule has 0 spiro atoms. The van der Waals surface area contributed by atoms with Crippen molar-refractivity contribution in [1.82, 2.24) is 0 Å². The molecular weight excluding hydrogens is 566 g/mol. The molecule has 0 atom stereocenters. The highest BCUT2D eigenvalue weighted by Crippen LogP contribution is 2.43. The molecule has 2 radical (unpaired) electrons. The Bertz CT molecular complexity index is 1700. The van der Waals surface area contributed by atoms with Crippen LogP contribution < -0.4 is 30.0 Å². The Kier molecular flexibility index (Phi) is 8.42. The van der Waals surface area contributed by atoms with Crippen molar-refractivity contribution in [1.29, 1.82) is 0 Å². The van der Waals surface area contributed by atoms with Gasteiger partial charge in [-0.3, -0.25) is 0 Å².